The first kappa shape index (κ1) is 24.7. The SMILES string of the molecule is COC(=O)c1ccc(COc2nnc(NC(=O)c3cnc(C)cc3-c3c(F)cccc3OC)s2)nc1. The summed E-state index contributed by atoms with van der Waals surface area (Å²) in [7, 11) is 2.72. The Morgan fingerprint density at radius 3 is 2.64 bits per heavy atom. The molecule has 0 bridgehead atoms. The van der Waals surface area contributed by atoms with Gasteiger partial charge in [-0.05, 0) is 48.6 Å². The quantitative estimate of drug-likeness (QED) is 0.350. The zero-order valence-electron chi connectivity index (χ0n) is 19.4. The molecular weight excluding hydrogens is 489 g/mol. The van der Waals surface area contributed by atoms with E-state index in [1.54, 1.807) is 31.2 Å². The van der Waals surface area contributed by atoms with E-state index in [4.69, 9.17) is 9.47 Å². The number of hydrogen-bond donors (Lipinski definition) is 1. The summed E-state index contributed by atoms with van der Waals surface area (Å²) in [5.41, 5.74) is 2.10. The number of halogens is 1. The van der Waals surface area contributed by atoms with Gasteiger partial charge in [0.2, 0.25) is 5.13 Å². The lowest BCUT2D eigenvalue weighted by molar-refractivity contribution is 0.0600. The normalized spacial score (nSPS) is 10.6. The highest BCUT2D eigenvalue weighted by molar-refractivity contribution is 7.17. The third-order valence-corrected chi connectivity index (χ3v) is 5.72. The topological polar surface area (TPSA) is 125 Å². The van der Waals surface area contributed by atoms with E-state index < -0.39 is 17.7 Å². The summed E-state index contributed by atoms with van der Waals surface area (Å²) in [6.45, 7) is 1.81. The fraction of sp³-hybridized carbons (Fsp3) is 0.167. The van der Waals surface area contributed by atoms with Gasteiger partial charge in [-0.3, -0.25) is 20.1 Å². The number of ether oxygens (including phenoxy) is 3. The van der Waals surface area contributed by atoms with Gasteiger partial charge in [-0.1, -0.05) is 11.2 Å². The van der Waals surface area contributed by atoms with Crippen molar-refractivity contribution in [2.75, 3.05) is 19.5 Å². The van der Waals surface area contributed by atoms with Crippen LogP contribution in [0.4, 0.5) is 9.52 Å². The molecule has 12 heteroatoms. The lowest BCUT2D eigenvalue weighted by Gasteiger charge is -2.14. The van der Waals surface area contributed by atoms with Gasteiger partial charge in [0.05, 0.1) is 36.6 Å². The number of methoxy groups -OCH3 is 2. The van der Waals surface area contributed by atoms with Gasteiger partial charge in [0.15, 0.2) is 0 Å². The molecule has 0 aliphatic heterocycles. The van der Waals surface area contributed by atoms with E-state index in [-0.39, 0.29) is 33.8 Å². The highest BCUT2D eigenvalue weighted by Crippen LogP contribution is 2.35. The summed E-state index contributed by atoms with van der Waals surface area (Å²) in [6, 6.07) is 9.24. The molecule has 3 aromatic heterocycles. The highest BCUT2D eigenvalue weighted by atomic mass is 32.1. The maximum Gasteiger partial charge on any atom is 0.339 e. The Morgan fingerprint density at radius 2 is 1.92 bits per heavy atom. The molecule has 4 aromatic rings. The van der Waals surface area contributed by atoms with Gasteiger partial charge in [0, 0.05) is 23.7 Å². The van der Waals surface area contributed by atoms with Crippen LogP contribution in [0.15, 0.2) is 48.8 Å². The van der Waals surface area contributed by atoms with Crippen LogP contribution in [0, 0.1) is 12.7 Å². The number of carbonyl (C=O) groups excluding carboxylic acids is 2. The van der Waals surface area contributed by atoms with Crippen LogP contribution in [0.5, 0.6) is 10.9 Å². The van der Waals surface area contributed by atoms with Crippen LogP contribution in [0.25, 0.3) is 11.1 Å². The zero-order chi connectivity index (χ0) is 25.7. The molecule has 0 unspecified atom stereocenters. The number of amides is 1. The Morgan fingerprint density at radius 1 is 1.08 bits per heavy atom. The number of aromatic nitrogens is 4. The van der Waals surface area contributed by atoms with Crippen molar-refractivity contribution >= 4 is 28.3 Å². The van der Waals surface area contributed by atoms with E-state index in [1.165, 1.54) is 38.7 Å². The van der Waals surface area contributed by atoms with Crippen LogP contribution in [0.2, 0.25) is 0 Å². The minimum atomic E-state index is -0.550. The van der Waals surface area contributed by atoms with Crippen molar-refractivity contribution in [1.82, 2.24) is 20.2 Å². The number of hydrogen-bond acceptors (Lipinski definition) is 10. The standard InChI is InChI=1S/C24H20FN5O5S/c1-13-9-16(20-18(25)5-4-6-19(20)33-2)17(11-26-13)21(31)28-23-29-30-24(36-23)35-12-15-8-7-14(10-27-15)22(32)34-3/h4-11H,12H2,1-3H3,(H,28,29,31). The maximum absolute atomic E-state index is 14.7. The molecule has 184 valence electrons. The van der Waals surface area contributed by atoms with E-state index in [9.17, 15) is 14.0 Å². The number of esters is 1. The highest BCUT2D eigenvalue weighted by Gasteiger charge is 2.21. The Hall–Kier alpha value is -4.45. The largest absolute Gasteiger partial charge is 0.496 e. The number of anilines is 1. The molecule has 0 aliphatic carbocycles. The molecule has 0 radical (unpaired) electrons. The molecule has 0 spiro atoms. The number of nitrogens with zero attached hydrogens (tertiary/aromatic N) is 4. The van der Waals surface area contributed by atoms with Crippen molar-refractivity contribution in [1.29, 1.82) is 0 Å². The van der Waals surface area contributed by atoms with Gasteiger partial charge in [-0.2, -0.15) is 0 Å². The molecule has 0 saturated carbocycles. The first-order chi connectivity index (χ1) is 17.4. The predicted molar refractivity (Wildman–Crippen MR) is 129 cm³/mol. The molecule has 0 atom stereocenters. The molecule has 0 saturated heterocycles. The summed E-state index contributed by atoms with van der Waals surface area (Å²) >= 11 is 1.00. The molecule has 3 heterocycles. The third kappa shape index (κ3) is 5.44. The van der Waals surface area contributed by atoms with Gasteiger partial charge >= 0.3 is 5.97 Å². The van der Waals surface area contributed by atoms with Crippen LogP contribution in [0.3, 0.4) is 0 Å². The molecule has 1 N–H and O–H groups in total. The van der Waals surface area contributed by atoms with E-state index in [1.807, 2.05) is 0 Å². The molecule has 36 heavy (non-hydrogen) atoms. The van der Waals surface area contributed by atoms with E-state index in [0.717, 1.165) is 11.3 Å². The van der Waals surface area contributed by atoms with Crippen molar-refractivity contribution < 1.29 is 28.2 Å². The Bertz CT molecular complexity index is 1410. The molecular formula is C24H20FN5O5S. The second kappa shape index (κ2) is 10.9. The van der Waals surface area contributed by atoms with Gasteiger partial charge in [0.1, 0.15) is 18.2 Å². The first-order valence-corrected chi connectivity index (χ1v) is 11.3. The molecule has 0 aliphatic rings. The summed E-state index contributed by atoms with van der Waals surface area (Å²) in [5, 5.41) is 10.9. The smallest absolute Gasteiger partial charge is 0.339 e. The van der Waals surface area contributed by atoms with Gasteiger partial charge in [-0.25, -0.2) is 9.18 Å². The minimum absolute atomic E-state index is 0.0726. The zero-order valence-corrected chi connectivity index (χ0v) is 20.3. The first-order valence-electron chi connectivity index (χ1n) is 10.5. The third-order valence-electron chi connectivity index (χ3n) is 4.97. The molecule has 0 fully saturated rings. The van der Waals surface area contributed by atoms with Gasteiger partial charge in [0.25, 0.3) is 11.1 Å². The van der Waals surface area contributed by atoms with Crippen molar-refractivity contribution in [2.24, 2.45) is 0 Å². The lowest BCUT2D eigenvalue weighted by atomic mass is 9.98. The second-order valence-corrected chi connectivity index (χ2v) is 8.27. The van der Waals surface area contributed by atoms with Crippen molar-refractivity contribution in [3.05, 3.63) is 77.1 Å². The lowest BCUT2D eigenvalue weighted by Crippen LogP contribution is -2.14. The number of pyridine rings is 2. The average molecular weight is 510 g/mol. The van der Waals surface area contributed by atoms with Crippen LogP contribution in [-0.4, -0.2) is 46.3 Å². The number of carbonyl (C=O) groups is 2. The van der Waals surface area contributed by atoms with Crippen molar-refractivity contribution in [2.45, 2.75) is 13.5 Å². The Balaban J connectivity index is 1.48. The van der Waals surface area contributed by atoms with E-state index >= 15 is 0 Å². The number of aryl methyl sites for hydroxylation is 1. The summed E-state index contributed by atoms with van der Waals surface area (Å²) in [4.78, 5) is 32.9. The molecule has 1 aromatic carbocycles. The van der Waals surface area contributed by atoms with Crippen LogP contribution >= 0.6 is 11.3 Å². The second-order valence-electron chi connectivity index (χ2n) is 7.33. The molecule has 1 amide bonds. The Labute approximate surface area is 209 Å². The average Bonchev–Trinajstić information content (AvgIpc) is 3.34. The number of rotatable bonds is 8. The number of benzene rings is 1. The maximum atomic E-state index is 14.7. The van der Waals surface area contributed by atoms with E-state index in [2.05, 4.69) is 30.2 Å². The minimum Gasteiger partial charge on any atom is -0.496 e. The summed E-state index contributed by atoms with van der Waals surface area (Å²) in [6.07, 6.45) is 2.75. The molecule has 4 rings (SSSR count). The van der Waals surface area contributed by atoms with E-state index in [0.29, 0.717) is 22.5 Å². The van der Waals surface area contributed by atoms with Gasteiger partial charge < -0.3 is 14.2 Å². The fourth-order valence-electron chi connectivity index (χ4n) is 3.25. The van der Waals surface area contributed by atoms with Crippen molar-refractivity contribution in [3.8, 4) is 22.1 Å². The summed E-state index contributed by atoms with van der Waals surface area (Å²) < 4.78 is 30.3. The Kier molecular flexibility index (Phi) is 7.44. The van der Waals surface area contributed by atoms with Crippen LogP contribution in [0.1, 0.15) is 32.1 Å². The van der Waals surface area contributed by atoms with Crippen LogP contribution in [-0.2, 0) is 11.3 Å². The van der Waals surface area contributed by atoms with Gasteiger partial charge in [-0.15, -0.1) is 5.10 Å². The summed E-state index contributed by atoms with van der Waals surface area (Å²) in [5.74, 6) is -1.28. The fourth-order valence-corrected chi connectivity index (χ4v) is 3.84. The van der Waals surface area contributed by atoms with Crippen molar-refractivity contribution in [3.63, 3.8) is 0 Å². The predicted octanol–water partition coefficient (Wildman–Crippen LogP) is 4.07. The monoisotopic (exact) mass is 509 g/mol. The molecule has 10 nitrogen and oxygen atoms in total. The van der Waals surface area contributed by atoms with Crippen LogP contribution < -0.4 is 14.8 Å². The number of nitrogens with one attached hydrogen (secondary N) is 1.